The van der Waals surface area contributed by atoms with E-state index in [4.69, 9.17) is 0 Å². The molecular weight excluding hydrogens is 242 g/mol. The minimum atomic E-state index is 1.10. The van der Waals surface area contributed by atoms with Crippen molar-refractivity contribution >= 4 is 44.7 Å². The molecule has 0 saturated heterocycles. The summed E-state index contributed by atoms with van der Waals surface area (Å²) >= 11 is 5.26. The number of thiazole rings is 1. The maximum atomic E-state index is 4.58. The van der Waals surface area contributed by atoms with Gasteiger partial charge in [-0.2, -0.15) is 0 Å². The summed E-state index contributed by atoms with van der Waals surface area (Å²) in [7, 11) is 0. The van der Waals surface area contributed by atoms with Crippen molar-refractivity contribution in [3.05, 3.63) is 41.8 Å². The first kappa shape index (κ1) is 9.39. The Bertz CT molecular complexity index is 535. The summed E-state index contributed by atoms with van der Waals surface area (Å²) < 4.78 is 3.68. The first-order valence-corrected chi connectivity index (χ1v) is 7.00. The Hall–Kier alpha value is -0.840. The Kier molecular flexibility index (Phi) is 2.48. The molecule has 0 atom stereocenters. The number of nitrogens with zero attached hydrogens (tertiary/aromatic N) is 1. The number of fused-ring (bicyclic) bond motifs is 1. The number of hydrogen-bond donors (Lipinski definition) is 0. The predicted octanol–water partition coefficient (Wildman–Crippen LogP) is 4.51. The zero-order chi connectivity index (χ0) is 10.1. The van der Waals surface area contributed by atoms with Gasteiger partial charge in [0.1, 0.15) is 0 Å². The van der Waals surface area contributed by atoms with E-state index in [1.165, 1.54) is 8.91 Å². The third-order valence-corrected chi connectivity index (χ3v) is 5.09. The molecule has 0 N–H and O–H groups in total. The summed E-state index contributed by atoms with van der Waals surface area (Å²) in [5.41, 5.74) is 1.10. The van der Waals surface area contributed by atoms with Crippen molar-refractivity contribution in [1.29, 1.82) is 0 Å². The molecule has 3 rings (SSSR count). The standard InChI is InChI=1S/C11H7NS3/c1-2-5-9-8(4-1)12-11(14-9)15-10-6-3-7-13-10/h1-7H. The number of para-hydroxylation sites is 1. The van der Waals surface area contributed by atoms with Crippen LogP contribution < -0.4 is 0 Å². The van der Waals surface area contributed by atoms with Gasteiger partial charge in [0.05, 0.1) is 14.4 Å². The summed E-state index contributed by atoms with van der Waals surface area (Å²) in [6.07, 6.45) is 0. The average molecular weight is 249 g/mol. The van der Waals surface area contributed by atoms with Crippen LogP contribution in [0.1, 0.15) is 0 Å². The average Bonchev–Trinajstić information content (AvgIpc) is 2.86. The quantitative estimate of drug-likeness (QED) is 0.663. The maximum absolute atomic E-state index is 4.58. The topological polar surface area (TPSA) is 12.9 Å². The van der Waals surface area contributed by atoms with E-state index < -0.39 is 0 Å². The van der Waals surface area contributed by atoms with E-state index in [1.54, 1.807) is 34.4 Å². The van der Waals surface area contributed by atoms with E-state index >= 15 is 0 Å². The highest BCUT2D eigenvalue weighted by Crippen LogP contribution is 2.36. The summed E-state index contributed by atoms with van der Waals surface area (Å²) in [6.45, 7) is 0. The van der Waals surface area contributed by atoms with Crippen molar-refractivity contribution in [3.63, 3.8) is 0 Å². The Balaban J connectivity index is 1.98. The third-order valence-electron chi connectivity index (χ3n) is 1.96. The number of hydrogen-bond acceptors (Lipinski definition) is 4. The number of thiophene rings is 1. The van der Waals surface area contributed by atoms with Crippen LogP contribution in [0.4, 0.5) is 0 Å². The SMILES string of the molecule is c1csc(Sc2nc3ccccc3s2)c1. The molecule has 0 aliphatic rings. The van der Waals surface area contributed by atoms with Gasteiger partial charge in [-0.15, -0.1) is 22.7 Å². The molecule has 15 heavy (non-hydrogen) atoms. The molecule has 0 aliphatic carbocycles. The zero-order valence-corrected chi connectivity index (χ0v) is 10.2. The number of rotatable bonds is 2. The molecular formula is C11H7NS3. The van der Waals surface area contributed by atoms with Gasteiger partial charge >= 0.3 is 0 Å². The van der Waals surface area contributed by atoms with E-state index in [1.807, 2.05) is 6.07 Å². The normalized spacial score (nSPS) is 10.9. The minimum absolute atomic E-state index is 1.10. The fourth-order valence-electron chi connectivity index (χ4n) is 1.30. The van der Waals surface area contributed by atoms with Crippen molar-refractivity contribution in [2.75, 3.05) is 0 Å². The van der Waals surface area contributed by atoms with Crippen molar-refractivity contribution in [2.24, 2.45) is 0 Å². The smallest absolute Gasteiger partial charge is 0.156 e. The van der Waals surface area contributed by atoms with Gasteiger partial charge in [-0.3, -0.25) is 0 Å². The van der Waals surface area contributed by atoms with Crippen LogP contribution in [-0.2, 0) is 0 Å². The van der Waals surface area contributed by atoms with Gasteiger partial charge in [0.25, 0.3) is 0 Å². The fourth-order valence-corrected chi connectivity index (χ4v) is 4.37. The first-order valence-electron chi connectivity index (χ1n) is 4.49. The lowest BCUT2D eigenvalue weighted by Gasteiger charge is -1.88. The van der Waals surface area contributed by atoms with Gasteiger partial charge in [-0.25, -0.2) is 4.98 Å². The van der Waals surface area contributed by atoms with E-state index in [-0.39, 0.29) is 0 Å². The Labute approximate surface area is 99.8 Å². The van der Waals surface area contributed by atoms with E-state index in [2.05, 4.69) is 40.7 Å². The van der Waals surface area contributed by atoms with Crippen LogP contribution in [0.25, 0.3) is 10.2 Å². The molecule has 3 aromatic rings. The Morgan fingerprint density at radius 3 is 2.80 bits per heavy atom. The minimum Gasteiger partial charge on any atom is -0.229 e. The van der Waals surface area contributed by atoms with Gasteiger partial charge in [-0.1, -0.05) is 18.2 Å². The summed E-state index contributed by atoms with van der Waals surface area (Å²) in [4.78, 5) is 4.58. The lowest BCUT2D eigenvalue weighted by atomic mass is 10.3. The lowest BCUT2D eigenvalue weighted by Crippen LogP contribution is -1.66. The van der Waals surface area contributed by atoms with Gasteiger partial charge in [0.15, 0.2) is 4.34 Å². The van der Waals surface area contributed by atoms with Gasteiger partial charge < -0.3 is 0 Å². The second kappa shape index (κ2) is 3.96. The molecule has 0 amide bonds. The molecule has 0 radical (unpaired) electrons. The van der Waals surface area contributed by atoms with Crippen LogP contribution in [0.5, 0.6) is 0 Å². The molecule has 4 heteroatoms. The summed E-state index contributed by atoms with van der Waals surface area (Å²) in [6, 6.07) is 12.5. The van der Waals surface area contributed by atoms with Crippen LogP contribution in [0, 0.1) is 0 Å². The molecule has 0 bridgehead atoms. The second-order valence-electron chi connectivity index (χ2n) is 2.98. The first-order chi connectivity index (χ1) is 7.42. The van der Waals surface area contributed by atoms with Crippen molar-refractivity contribution in [2.45, 2.75) is 8.55 Å². The van der Waals surface area contributed by atoms with Crippen molar-refractivity contribution in [3.8, 4) is 0 Å². The second-order valence-corrected chi connectivity index (χ2v) is 6.51. The highest BCUT2D eigenvalue weighted by molar-refractivity contribution is 8.02. The molecule has 1 aromatic carbocycles. The Morgan fingerprint density at radius 1 is 1.07 bits per heavy atom. The molecule has 0 spiro atoms. The fraction of sp³-hybridized carbons (Fsp3) is 0. The molecule has 0 unspecified atom stereocenters. The monoisotopic (exact) mass is 249 g/mol. The maximum Gasteiger partial charge on any atom is 0.156 e. The van der Waals surface area contributed by atoms with E-state index in [9.17, 15) is 0 Å². The molecule has 0 fully saturated rings. The van der Waals surface area contributed by atoms with Crippen LogP contribution in [-0.4, -0.2) is 4.98 Å². The Morgan fingerprint density at radius 2 is 2.00 bits per heavy atom. The molecule has 0 aliphatic heterocycles. The van der Waals surface area contributed by atoms with Crippen molar-refractivity contribution < 1.29 is 0 Å². The van der Waals surface area contributed by atoms with Gasteiger partial charge in [0.2, 0.25) is 0 Å². The zero-order valence-electron chi connectivity index (χ0n) is 7.71. The number of aromatic nitrogens is 1. The molecule has 2 heterocycles. The summed E-state index contributed by atoms with van der Waals surface area (Å²) in [5, 5.41) is 2.09. The van der Waals surface area contributed by atoms with Crippen LogP contribution in [0.3, 0.4) is 0 Å². The predicted molar refractivity (Wildman–Crippen MR) is 68.1 cm³/mol. The van der Waals surface area contributed by atoms with Crippen LogP contribution >= 0.6 is 34.4 Å². The van der Waals surface area contributed by atoms with Crippen molar-refractivity contribution in [1.82, 2.24) is 4.98 Å². The van der Waals surface area contributed by atoms with Gasteiger partial charge in [-0.05, 0) is 35.3 Å². The van der Waals surface area contributed by atoms with Crippen LogP contribution in [0.15, 0.2) is 50.3 Å². The highest BCUT2D eigenvalue weighted by Gasteiger charge is 2.04. The van der Waals surface area contributed by atoms with Crippen LogP contribution in [0.2, 0.25) is 0 Å². The largest absolute Gasteiger partial charge is 0.229 e. The summed E-state index contributed by atoms with van der Waals surface area (Å²) in [5.74, 6) is 0. The molecule has 74 valence electrons. The lowest BCUT2D eigenvalue weighted by molar-refractivity contribution is 1.30. The molecule has 2 aromatic heterocycles. The van der Waals surface area contributed by atoms with E-state index in [0.717, 1.165) is 9.86 Å². The number of benzene rings is 1. The highest BCUT2D eigenvalue weighted by atomic mass is 32.2. The third kappa shape index (κ3) is 1.93. The van der Waals surface area contributed by atoms with E-state index in [0.29, 0.717) is 0 Å². The molecule has 0 saturated carbocycles. The molecule has 1 nitrogen and oxygen atoms in total. The van der Waals surface area contributed by atoms with Gasteiger partial charge in [0, 0.05) is 0 Å².